The second kappa shape index (κ2) is 8.22. The zero-order valence-electron chi connectivity index (χ0n) is 13.9. The molecule has 0 aliphatic rings. The molecule has 0 saturated carbocycles. The van der Waals surface area contributed by atoms with Crippen molar-refractivity contribution >= 4 is 5.91 Å². The van der Waals surface area contributed by atoms with E-state index in [1.165, 1.54) is 5.56 Å². The van der Waals surface area contributed by atoms with Gasteiger partial charge >= 0.3 is 0 Å². The summed E-state index contributed by atoms with van der Waals surface area (Å²) in [5, 5.41) is 0. The highest BCUT2D eigenvalue weighted by Gasteiger charge is 2.19. The Bertz CT molecular complexity index is 640. The minimum absolute atomic E-state index is 0.0424. The van der Waals surface area contributed by atoms with Crippen molar-refractivity contribution in [1.29, 1.82) is 0 Å². The van der Waals surface area contributed by atoms with E-state index < -0.39 is 0 Å². The summed E-state index contributed by atoms with van der Waals surface area (Å²) >= 11 is 0. The number of nitrogens with zero attached hydrogens (tertiary/aromatic N) is 1. The van der Waals surface area contributed by atoms with E-state index in [0.29, 0.717) is 30.2 Å². The van der Waals surface area contributed by atoms with Gasteiger partial charge in [0.2, 0.25) is 0 Å². The number of carbonyl (C=O) groups excluding carboxylic acids is 1. The molecule has 23 heavy (non-hydrogen) atoms. The molecule has 2 aromatic carbocycles. The molecular weight excluding hydrogens is 290 g/mol. The molecule has 0 heterocycles. The van der Waals surface area contributed by atoms with Crippen LogP contribution in [0.15, 0.2) is 48.5 Å². The van der Waals surface area contributed by atoms with Crippen LogP contribution in [0.25, 0.3) is 0 Å². The van der Waals surface area contributed by atoms with Gasteiger partial charge < -0.3 is 14.4 Å². The third kappa shape index (κ3) is 4.25. The average molecular weight is 313 g/mol. The molecule has 2 rings (SSSR count). The van der Waals surface area contributed by atoms with Crippen molar-refractivity contribution in [3.05, 3.63) is 59.7 Å². The summed E-state index contributed by atoms with van der Waals surface area (Å²) in [5.41, 5.74) is 1.75. The van der Waals surface area contributed by atoms with Gasteiger partial charge in [-0.05, 0) is 37.1 Å². The highest BCUT2D eigenvalue weighted by molar-refractivity contribution is 5.97. The second-order valence-electron chi connectivity index (χ2n) is 5.19. The SMILES string of the molecule is CCN(CCc1ccccc1)C(=O)c1cc(OC)ccc1OC. The van der Waals surface area contributed by atoms with Gasteiger partial charge in [-0.2, -0.15) is 0 Å². The fraction of sp³-hybridized carbons (Fsp3) is 0.316. The number of carbonyl (C=O) groups is 1. The highest BCUT2D eigenvalue weighted by atomic mass is 16.5. The lowest BCUT2D eigenvalue weighted by atomic mass is 10.1. The van der Waals surface area contributed by atoms with Gasteiger partial charge in [-0.1, -0.05) is 30.3 Å². The number of benzene rings is 2. The molecule has 0 atom stereocenters. The Labute approximate surface area is 137 Å². The lowest BCUT2D eigenvalue weighted by Gasteiger charge is -2.22. The predicted molar refractivity (Wildman–Crippen MR) is 91.3 cm³/mol. The molecule has 0 radical (unpaired) electrons. The first kappa shape index (κ1) is 16.9. The number of rotatable bonds is 7. The van der Waals surface area contributed by atoms with Crippen LogP contribution in [0, 0.1) is 0 Å². The van der Waals surface area contributed by atoms with Crippen LogP contribution in [-0.4, -0.2) is 38.1 Å². The summed E-state index contributed by atoms with van der Waals surface area (Å²) in [5.74, 6) is 1.17. The molecule has 4 nitrogen and oxygen atoms in total. The third-order valence-electron chi connectivity index (χ3n) is 3.82. The fourth-order valence-electron chi connectivity index (χ4n) is 2.46. The molecular formula is C19H23NO3. The molecule has 4 heteroatoms. The maximum atomic E-state index is 12.8. The summed E-state index contributed by atoms with van der Waals surface area (Å²) in [6.45, 7) is 3.29. The highest BCUT2D eigenvalue weighted by Crippen LogP contribution is 2.25. The van der Waals surface area contributed by atoms with E-state index in [-0.39, 0.29) is 5.91 Å². The predicted octanol–water partition coefficient (Wildman–Crippen LogP) is 3.41. The van der Waals surface area contributed by atoms with Crippen LogP contribution in [0.4, 0.5) is 0 Å². The van der Waals surface area contributed by atoms with Crippen LogP contribution in [0.2, 0.25) is 0 Å². The first-order chi connectivity index (χ1) is 11.2. The van der Waals surface area contributed by atoms with Gasteiger partial charge in [0.05, 0.1) is 19.8 Å². The molecule has 0 unspecified atom stereocenters. The molecule has 0 aliphatic carbocycles. The normalized spacial score (nSPS) is 10.2. The van der Waals surface area contributed by atoms with Crippen molar-refractivity contribution in [2.75, 3.05) is 27.3 Å². The minimum atomic E-state index is -0.0424. The Hall–Kier alpha value is -2.49. The number of hydrogen-bond donors (Lipinski definition) is 0. The lowest BCUT2D eigenvalue weighted by Crippen LogP contribution is -2.33. The first-order valence-electron chi connectivity index (χ1n) is 7.74. The topological polar surface area (TPSA) is 38.8 Å². The minimum Gasteiger partial charge on any atom is -0.497 e. The summed E-state index contributed by atoms with van der Waals surface area (Å²) in [7, 11) is 3.15. The average Bonchev–Trinajstić information content (AvgIpc) is 2.62. The standard InChI is InChI=1S/C19H23NO3/c1-4-20(13-12-15-8-6-5-7-9-15)19(21)17-14-16(22-2)10-11-18(17)23-3/h5-11,14H,4,12-13H2,1-3H3. The van der Waals surface area contributed by atoms with Crippen molar-refractivity contribution in [2.24, 2.45) is 0 Å². The van der Waals surface area contributed by atoms with E-state index >= 15 is 0 Å². The van der Waals surface area contributed by atoms with Crippen LogP contribution in [0.1, 0.15) is 22.8 Å². The number of methoxy groups -OCH3 is 2. The number of ether oxygens (including phenoxy) is 2. The Kier molecular flexibility index (Phi) is 6.03. The molecule has 0 aromatic heterocycles. The first-order valence-corrected chi connectivity index (χ1v) is 7.74. The van der Waals surface area contributed by atoms with Gasteiger partial charge in [0.25, 0.3) is 5.91 Å². The van der Waals surface area contributed by atoms with E-state index in [0.717, 1.165) is 6.42 Å². The molecule has 0 aliphatic heterocycles. The van der Waals surface area contributed by atoms with Crippen LogP contribution in [0.5, 0.6) is 11.5 Å². The van der Waals surface area contributed by atoms with Gasteiger partial charge in [0.15, 0.2) is 0 Å². The Morgan fingerprint density at radius 1 is 1.04 bits per heavy atom. The van der Waals surface area contributed by atoms with Crippen LogP contribution in [-0.2, 0) is 6.42 Å². The largest absolute Gasteiger partial charge is 0.497 e. The smallest absolute Gasteiger partial charge is 0.257 e. The summed E-state index contributed by atoms with van der Waals surface area (Å²) in [4.78, 5) is 14.7. The molecule has 122 valence electrons. The number of amides is 1. The fourth-order valence-corrected chi connectivity index (χ4v) is 2.46. The van der Waals surface area contributed by atoms with Crippen LogP contribution < -0.4 is 9.47 Å². The zero-order valence-corrected chi connectivity index (χ0v) is 13.9. The maximum absolute atomic E-state index is 12.8. The second-order valence-corrected chi connectivity index (χ2v) is 5.19. The van der Waals surface area contributed by atoms with E-state index in [4.69, 9.17) is 9.47 Å². The lowest BCUT2D eigenvalue weighted by molar-refractivity contribution is 0.0762. The molecule has 0 spiro atoms. The number of hydrogen-bond acceptors (Lipinski definition) is 3. The summed E-state index contributed by atoms with van der Waals surface area (Å²) in [6.07, 6.45) is 0.826. The van der Waals surface area contributed by atoms with E-state index in [1.54, 1.807) is 32.4 Å². The van der Waals surface area contributed by atoms with Crippen molar-refractivity contribution in [3.63, 3.8) is 0 Å². The monoisotopic (exact) mass is 313 g/mol. The van der Waals surface area contributed by atoms with Gasteiger partial charge in [0.1, 0.15) is 11.5 Å². The molecule has 0 saturated heterocycles. The van der Waals surface area contributed by atoms with E-state index in [1.807, 2.05) is 30.0 Å². The van der Waals surface area contributed by atoms with Crippen molar-refractivity contribution in [2.45, 2.75) is 13.3 Å². The van der Waals surface area contributed by atoms with E-state index in [9.17, 15) is 4.79 Å². The van der Waals surface area contributed by atoms with Crippen molar-refractivity contribution in [1.82, 2.24) is 4.90 Å². The van der Waals surface area contributed by atoms with Crippen LogP contribution >= 0.6 is 0 Å². The van der Waals surface area contributed by atoms with Crippen LogP contribution in [0.3, 0.4) is 0 Å². The maximum Gasteiger partial charge on any atom is 0.257 e. The molecule has 1 amide bonds. The van der Waals surface area contributed by atoms with Gasteiger partial charge in [-0.3, -0.25) is 4.79 Å². The zero-order chi connectivity index (χ0) is 16.7. The molecule has 0 fully saturated rings. The summed E-state index contributed by atoms with van der Waals surface area (Å²) < 4.78 is 10.5. The Morgan fingerprint density at radius 3 is 2.39 bits per heavy atom. The van der Waals surface area contributed by atoms with Gasteiger partial charge in [-0.15, -0.1) is 0 Å². The molecule has 0 N–H and O–H groups in total. The summed E-state index contributed by atoms with van der Waals surface area (Å²) in [6, 6.07) is 15.4. The van der Waals surface area contributed by atoms with Crippen molar-refractivity contribution < 1.29 is 14.3 Å². The van der Waals surface area contributed by atoms with Gasteiger partial charge in [0, 0.05) is 13.1 Å². The Balaban J connectivity index is 2.16. The van der Waals surface area contributed by atoms with Crippen molar-refractivity contribution in [3.8, 4) is 11.5 Å². The molecule has 2 aromatic rings. The molecule has 0 bridgehead atoms. The third-order valence-corrected chi connectivity index (χ3v) is 3.82. The number of likely N-dealkylation sites (N-methyl/N-ethyl adjacent to an activating group) is 1. The quantitative estimate of drug-likeness (QED) is 0.786. The van der Waals surface area contributed by atoms with E-state index in [2.05, 4.69) is 12.1 Å². The van der Waals surface area contributed by atoms with Gasteiger partial charge in [-0.25, -0.2) is 0 Å². The Morgan fingerprint density at radius 2 is 1.78 bits per heavy atom.